The van der Waals surface area contributed by atoms with Gasteiger partial charge < -0.3 is 0 Å². The molecule has 0 unspecified atom stereocenters. The highest BCUT2D eigenvalue weighted by molar-refractivity contribution is 5.85. The lowest BCUT2D eigenvalue weighted by Gasteiger charge is -2.02. The minimum Gasteiger partial charge on any atom is -0.204 e. The lowest BCUT2D eigenvalue weighted by molar-refractivity contribution is 0.643. The molecule has 2 nitrogen and oxygen atoms in total. The Morgan fingerprint density at radius 3 is 2.42 bits per heavy atom. The molecule has 0 saturated heterocycles. The van der Waals surface area contributed by atoms with E-state index in [1.54, 1.807) is 12.1 Å². The monoisotopic (exact) mass is 252 g/mol. The Hall–Kier alpha value is -2.72. The van der Waals surface area contributed by atoms with Crippen molar-refractivity contribution < 1.29 is 8.78 Å². The first-order valence-corrected chi connectivity index (χ1v) is 5.61. The fourth-order valence-corrected chi connectivity index (χ4v) is 2.42. The zero-order chi connectivity index (χ0) is 13.6. The molecule has 0 amide bonds. The van der Waals surface area contributed by atoms with Crippen LogP contribution in [0, 0.1) is 22.7 Å². The highest BCUT2D eigenvalue weighted by atomic mass is 19.2. The fourth-order valence-electron chi connectivity index (χ4n) is 2.42. The van der Waals surface area contributed by atoms with E-state index in [2.05, 4.69) is 0 Å². The molecule has 0 heterocycles. The number of nitriles is 2. The van der Waals surface area contributed by atoms with E-state index in [9.17, 15) is 8.78 Å². The third-order valence-corrected chi connectivity index (χ3v) is 3.33. The second-order valence-electron chi connectivity index (χ2n) is 4.32. The summed E-state index contributed by atoms with van der Waals surface area (Å²) in [7, 11) is 0. The van der Waals surface area contributed by atoms with Gasteiger partial charge in [-0.25, -0.2) is 8.78 Å². The first-order chi connectivity index (χ1) is 9.15. The topological polar surface area (TPSA) is 47.6 Å². The van der Waals surface area contributed by atoms with Gasteiger partial charge in [-0.1, -0.05) is 6.08 Å². The van der Waals surface area contributed by atoms with Crippen LogP contribution < -0.4 is 10.4 Å². The maximum atomic E-state index is 13.5. The summed E-state index contributed by atoms with van der Waals surface area (Å²) in [6.45, 7) is 0. The average Bonchev–Trinajstić information content (AvgIpc) is 2.93. The molecular formula is C15H6F2N2. The predicted molar refractivity (Wildman–Crippen MR) is 66.5 cm³/mol. The number of hydrogen-bond acceptors (Lipinski definition) is 2. The molecule has 0 spiro atoms. The van der Waals surface area contributed by atoms with E-state index in [1.807, 2.05) is 18.2 Å². The molecule has 1 aromatic carbocycles. The molecule has 2 aliphatic carbocycles. The van der Waals surface area contributed by atoms with Crippen LogP contribution in [-0.2, 0) is 0 Å². The molecule has 0 radical (unpaired) electrons. The number of rotatable bonds is 0. The molecule has 0 N–H and O–H groups in total. The molecule has 4 heteroatoms. The van der Waals surface area contributed by atoms with Crippen LogP contribution in [0.1, 0.15) is 17.5 Å². The molecule has 0 atom stereocenters. The molecule has 2 aliphatic rings. The summed E-state index contributed by atoms with van der Waals surface area (Å²) >= 11 is 0. The van der Waals surface area contributed by atoms with Gasteiger partial charge in [0.25, 0.3) is 0 Å². The van der Waals surface area contributed by atoms with Crippen LogP contribution in [0.15, 0.2) is 23.5 Å². The third kappa shape index (κ3) is 1.51. The minimum atomic E-state index is -0.884. The number of benzene rings is 1. The summed E-state index contributed by atoms with van der Waals surface area (Å²) < 4.78 is 26.7. The molecule has 3 rings (SSSR count). The second-order valence-corrected chi connectivity index (χ2v) is 4.32. The molecule has 0 fully saturated rings. The van der Waals surface area contributed by atoms with Crippen LogP contribution in [0.25, 0.3) is 23.6 Å². The van der Waals surface area contributed by atoms with E-state index in [0.717, 1.165) is 11.3 Å². The second kappa shape index (κ2) is 3.90. The summed E-state index contributed by atoms with van der Waals surface area (Å²) in [5, 5.41) is 19.0. The van der Waals surface area contributed by atoms with Crippen LogP contribution >= 0.6 is 0 Å². The summed E-state index contributed by atoms with van der Waals surface area (Å²) in [4.78, 5) is 0. The van der Waals surface area contributed by atoms with Crippen molar-refractivity contribution in [1.82, 2.24) is 0 Å². The smallest absolute Gasteiger partial charge is 0.166 e. The van der Waals surface area contributed by atoms with Gasteiger partial charge in [-0.2, -0.15) is 10.5 Å². The van der Waals surface area contributed by atoms with Crippen LogP contribution in [-0.4, -0.2) is 0 Å². The van der Waals surface area contributed by atoms with Gasteiger partial charge in [0, 0.05) is 5.56 Å². The van der Waals surface area contributed by atoms with E-state index < -0.39 is 11.7 Å². The summed E-state index contributed by atoms with van der Waals surface area (Å²) in [6.07, 6.45) is 3.39. The Balaban J connectivity index is 2.31. The van der Waals surface area contributed by atoms with Gasteiger partial charge in [0.05, 0.1) is 0 Å². The summed E-state index contributed by atoms with van der Waals surface area (Å²) in [5.74, 6) is -1.74. The number of halogens is 2. The highest BCUT2D eigenvalue weighted by Gasteiger charge is 2.20. The van der Waals surface area contributed by atoms with Crippen LogP contribution in [0.2, 0.25) is 0 Å². The molecule has 19 heavy (non-hydrogen) atoms. The number of fused-ring (bicyclic) bond motifs is 2. The van der Waals surface area contributed by atoms with E-state index in [4.69, 9.17) is 10.5 Å². The molecule has 1 aromatic rings. The number of allylic oxidation sites excluding steroid dienone is 3. The van der Waals surface area contributed by atoms with Gasteiger partial charge >= 0.3 is 0 Å². The normalized spacial score (nSPS) is 15.1. The van der Waals surface area contributed by atoms with Gasteiger partial charge in [-0.3, -0.25) is 0 Å². The van der Waals surface area contributed by atoms with Gasteiger partial charge in [0.2, 0.25) is 0 Å². The Labute approximate surface area is 107 Å². The largest absolute Gasteiger partial charge is 0.204 e. The van der Waals surface area contributed by atoms with Gasteiger partial charge in [0.1, 0.15) is 17.7 Å². The van der Waals surface area contributed by atoms with Crippen molar-refractivity contribution in [3.8, 4) is 12.1 Å². The first kappa shape index (κ1) is 11.4. The standard InChI is InChI=1S/C15H6F2N2/c16-14-5-9-4-12-8(3-13(9)15(14)17)1-2-11(12)10(6-18)7-19/h1,3-5H,2H2. The zero-order valence-electron chi connectivity index (χ0n) is 9.67. The highest BCUT2D eigenvalue weighted by Crippen LogP contribution is 2.28. The van der Waals surface area contributed by atoms with Gasteiger partial charge in [0.15, 0.2) is 11.7 Å². The molecular weight excluding hydrogens is 246 g/mol. The molecule has 0 aromatic heterocycles. The predicted octanol–water partition coefficient (Wildman–Crippen LogP) is 2.07. The maximum Gasteiger partial charge on any atom is 0.166 e. The van der Waals surface area contributed by atoms with E-state index in [1.165, 1.54) is 0 Å². The van der Waals surface area contributed by atoms with E-state index in [0.29, 0.717) is 22.8 Å². The fraction of sp³-hybridized carbons (Fsp3) is 0.0667. The van der Waals surface area contributed by atoms with Crippen LogP contribution in [0.4, 0.5) is 8.78 Å². The van der Waals surface area contributed by atoms with E-state index >= 15 is 0 Å². The summed E-state index contributed by atoms with van der Waals surface area (Å²) in [6, 6.07) is 6.89. The van der Waals surface area contributed by atoms with Crippen molar-refractivity contribution >= 4 is 23.6 Å². The number of nitrogens with zero attached hydrogens (tertiary/aromatic N) is 2. The minimum absolute atomic E-state index is 0.0434. The Morgan fingerprint density at radius 1 is 1.05 bits per heavy atom. The quantitative estimate of drug-likeness (QED) is 0.663. The third-order valence-electron chi connectivity index (χ3n) is 3.33. The Morgan fingerprint density at radius 2 is 1.74 bits per heavy atom. The van der Waals surface area contributed by atoms with Gasteiger partial charge in [-0.05, 0) is 46.2 Å². The van der Waals surface area contributed by atoms with Gasteiger partial charge in [-0.15, -0.1) is 0 Å². The molecule has 0 aliphatic heterocycles. The average molecular weight is 252 g/mol. The SMILES string of the molecule is N#CC(C#N)=C1CC=c2cc3c(cc21)=CC(F)=C3F. The molecule has 0 bridgehead atoms. The zero-order valence-corrected chi connectivity index (χ0v) is 9.67. The van der Waals surface area contributed by atoms with Crippen molar-refractivity contribution in [2.45, 2.75) is 6.42 Å². The lowest BCUT2D eigenvalue weighted by Crippen LogP contribution is -2.14. The van der Waals surface area contributed by atoms with Crippen molar-refractivity contribution in [3.63, 3.8) is 0 Å². The lowest BCUT2D eigenvalue weighted by atomic mass is 10.0. The van der Waals surface area contributed by atoms with Crippen molar-refractivity contribution in [2.24, 2.45) is 0 Å². The van der Waals surface area contributed by atoms with E-state index in [-0.39, 0.29) is 11.1 Å². The van der Waals surface area contributed by atoms with Crippen LogP contribution in [0.3, 0.4) is 0 Å². The van der Waals surface area contributed by atoms with Crippen molar-refractivity contribution in [3.05, 3.63) is 45.1 Å². The first-order valence-electron chi connectivity index (χ1n) is 5.61. The molecule has 0 saturated carbocycles. The maximum absolute atomic E-state index is 13.5. The Kier molecular flexibility index (Phi) is 2.33. The number of hydrogen-bond donors (Lipinski definition) is 0. The van der Waals surface area contributed by atoms with Crippen molar-refractivity contribution in [2.75, 3.05) is 0 Å². The molecule has 90 valence electrons. The van der Waals surface area contributed by atoms with Crippen molar-refractivity contribution in [1.29, 1.82) is 10.5 Å². The van der Waals surface area contributed by atoms with Crippen LogP contribution in [0.5, 0.6) is 0 Å². The Bertz CT molecular complexity index is 858. The summed E-state index contributed by atoms with van der Waals surface area (Å²) in [5.41, 5.74) is 1.59.